The van der Waals surface area contributed by atoms with Gasteiger partial charge in [-0.15, -0.1) is 0 Å². The molecular weight excluding hydrogens is 188 g/mol. The van der Waals surface area contributed by atoms with Crippen LogP contribution in [0.3, 0.4) is 0 Å². The summed E-state index contributed by atoms with van der Waals surface area (Å²) >= 11 is 0. The maximum Gasteiger partial charge on any atom is 0.0621 e. The third-order valence-corrected chi connectivity index (χ3v) is 4.12. The largest absolute Gasteiger partial charge is 0.379 e. The first kappa shape index (κ1) is 11.4. The molecule has 4 atom stereocenters. The van der Waals surface area contributed by atoms with Gasteiger partial charge in [-0.05, 0) is 26.2 Å². The van der Waals surface area contributed by atoms with Crippen LogP contribution in [0, 0.1) is 5.92 Å². The molecule has 0 aliphatic carbocycles. The lowest BCUT2D eigenvalue weighted by Gasteiger charge is -2.31. The fourth-order valence-corrected chi connectivity index (χ4v) is 2.97. The van der Waals surface area contributed by atoms with Crippen LogP contribution < -0.4 is 5.73 Å². The maximum absolute atomic E-state index is 6.04. The van der Waals surface area contributed by atoms with E-state index in [4.69, 9.17) is 10.5 Å². The van der Waals surface area contributed by atoms with Crippen LogP contribution in [0.25, 0.3) is 0 Å². The van der Waals surface area contributed by atoms with Gasteiger partial charge in [0.25, 0.3) is 0 Å². The highest BCUT2D eigenvalue weighted by atomic mass is 16.5. The summed E-state index contributed by atoms with van der Waals surface area (Å²) in [5.41, 5.74) is 6.04. The normalized spacial score (nSPS) is 42.6. The Kier molecular flexibility index (Phi) is 3.65. The number of hydrogen-bond donors (Lipinski definition) is 1. The number of nitrogens with two attached hydrogens (primary N) is 1. The fourth-order valence-electron chi connectivity index (χ4n) is 2.97. The van der Waals surface area contributed by atoms with Crippen molar-refractivity contribution in [1.82, 2.24) is 4.90 Å². The van der Waals surface area contributed by atoms with Crippen LogP contribution in [0.2, 0.25) is 0 Å². The van der Waals surface area contributed by atoms with Crippen molar-refractivity contribution in [2.45, 2.75) is 51.2 Å². The van der Waals surface area contributed by atoms with E-state index in [1.165, 1.54) is 19.3 Å². The summed E-state index contributed by atoms with van der Waals surface area (Å²) in [6.45, 7) is 7.39. The van der Waals surface area contributed by atoms with Crippen LogP contribution in [0.4, 0.5) is 0 Å². The van der Waals surface area contributed by atoms with Gasteiger partial charge in [0.15, 0.2) is 0 Å². The molecule has 0 aromatic carbocycles. The van der Waals surface area contributed by atoms with E-state index < -0.39 is 0 Å². The van der Waals surface area contributed by atoms with Crippen LogP contribution >= 0.6 is 0 Å². The number of hydrogen-bond acceptors (Lipinski definition) is 3. The number of likely N-dealkylation sites (tertiary alicyclic amines) is 1. The third-order valence-electron chi connectivity index (χ3n) is 4.12. The molecule has 0 bridgehead atoms. The molecule has 2 aliphatic rings. The number of nitrogens with zero attached hydrogens (tertiary/aromatic N) is 1. The van der Waals surface area contributed by atoms with Crippen LogP contribution in [0.5, 0.6) is 0 Å². The monoisotopic (exact) mass is 212 g/mol. The van der Waals surface area contributed by atoms with Crippen molar-refractivity contribution in [3.05, 3.63) is 0 Å². The molecule has 2 aliphatic heterocycles. The zero-order valence-electron chi connectivity index (χ0n) is 9.98. The molecule has 4 unspecified atom stereocenters. The molecule has 3 heteroatoms. The second-order valence-electron chi connectivity index (χ2n) is 5.15. The number of rotatable bonds is 3. The smallest absolute Gasteiger partial charge is 0.0621 e. The molecule has 0 radical (unpaired) electrons. The third kappa shape index (κ3) is 2.35. The van der Waals surface area contributed by atoms with Crippen molar-refractivity contribution >= 4 is 0 Å². The van der Waals surface area contributed by atoms with Gasteiger partial charge < -0.3 is 10.5 Å². The first-order valence-corrected chi connectivity index (χ1v) is 6.31. The predicted octanol–water partition coefficient (Wildman–Crippen LogP) is 1.22. The van der Waals surface area contributed by atoms with E-state index in [-0.39, 0.29) is 6.04 Å². The van der Waals surface area contributed by atoms with Crippen LogP contribution in [-0.2, 0) is 4.74 Å². The van der Waals surface area contributed by atoms with Gasteiger partial charge in [-0.25, -0.2) is 0 Å². The first-order chi connectivity index (χ1) is 7.22. The molecule has 2 N–H and O–H groups in total. The summed E-state index contributed by atoms with van der Waals surface area (Å²) in [5.74, 6) is 0.555. The van der Waals surface area contributed by atoms with Gasteiger partial charge in [0.05, 0.1) is 13.2 Å². The van der Waals surface area contributed by atoms with Crippen LogP contribution in [-0.4, -0.2) is 42.8 Å². The average Bonchev–Trinajstić information content (AvgIpc) is 2.77. The lowest BCUT2D eigenvalue weighted by Crippen LogP contribution is -2.43. The average molecular weight is 212 g/mol. The van der Waals surface area contributed by atoms with Gasteiger partial charge in [0.1, 0.15) is 0 Å². The lowest BCUT2D eigenvalue weighted by atomic mass is 10.0. The van der Waals surface area contributed by atoms with Gasteiger partial charge >= 0.3 is 0 Å². The van der Waals surface area contributed by atoms with E-state index in [0.29, 0.717) is 5.92 Å². The minimum atomic E-state index is 0.260. The predicted molar refractivity (Wildman–Crippen MR) is 61.8 cm³/mol. The second kappa shape index (κ2) is 4.81. The molecule has 0 aromatic heterocycles. The standard InChI is InChI=1S/C12H24N2O/c1-3-11-5-4-9(2)14(11)6-10-7-15-8-12(10)13/h9-12H,3-8,13H2,1-2H3. The molecule has 15 heavy (non-hydrogen) atoms. The Morgan fingerprint density at radius 2 is 2.13 bits per heavy atom. The van der Waals surface area contributed by atoms with E-state index in [9.17, 15) is 0 Å². The molecule has 2 rings (SSSR count). The summed E-state index contributed by atoms with van der Waals surface area (Å²) in [5, 5.41) is 0. The minimum absolute atomic E-state index is 0.260. The molecule has 0 spiro atoms. The number of ether oxygens (including phenoxy) is 1. The van der Waals surface area contributed by atoms with Crippen LogP contribution in [0.15, 0.2) is 0 Å². The molecule has 2 saturated heterocycles. The van der Waals surface area contributed by atoms with Gasteiger partial charge in [0.2, 0.25) is 0 Å². The van der Waals surface area contributed by atoms with Gasteiger partial charge in [0, 0.05) is 30.6 Å². The highest BCUT2D eigenvalue weighted by molar-refractivity contribution is 4.89. The van der Waals surface area contributed by atoms with E-state index in [0.717, 1.165) is 31.8 Å². The molecule has 2 heterocycles. The molecule has 0 amide bonds. The van der Waals surface area contributed by atoms with Crippen molar-refractivity contribution in [2.24, 2.45) is 11.7 Å². The summed E-state index contributed by atoms with van der Waals surface area (Å²) < 4.78 is 5.43. The van der Waals surface area contributed by atoms with Crippen molar-refractivity contribution in [2.75, 3.05) is 19.8 Å². The first-order valence-electron chi connectivity index (χ1n) is 6.31. The van der Waals surface area contributed by atoms with E-state index in [1.54, 1.807) is 0 Å². The Morgan fingerprint density at radius 1 is 1.33 bits per heavy atom. The molecule has 0 saturated carbocycles. The Hall–Kier alpha value is -0.120. The van der Waals surface area contributed by atoms with Crippen LogP contribution in [0.1, 0.15) is 33.1 Å². The molecule has 2 fully saturated rings. The van der Waals surface area contributed by atoms with E-state index in [2.05, 4.69) is 18.7 Å². The van der Waals surface area contributed by atoms with Crippen molar-refractivity contribution in [3.63, 3.8) is 0 Å². The Balaban J connectivity index is 1.91. The second-order valence-corrected chi connectivity index (χ2v) is 5.15. The zero-order chi connectivity index (χ0) is 10.8. The van der Waals surface area contributed by atoms with Gasteiger partial charge in [-0.3, -0.25) is 4.90 Å². The van der Waals surface area contributed by atoms with Crippen molar-refractivity contribution in [1.29, 1.82) is 0 Å². The van der Waals surface area contributed by atoms with Gasteiger partial charge in [-0.2, -0.15) is 0 Å². The zero-order valence-corrected chi connectivity index (χ0v) is 9.98. The fraction of sp³-hybridized carbons (Fsp3) is 1.00. The molecule has 3 nitrogen and oxygen atoms in total. The van der Waals surface area contributed by atoms with Crippen molar-refractivity contribution in [3.8, 4) is 0 Å². The van der Waals surface area contributed by atoms with E-state index in [1.807, 2.05) is 0 Å². The quantitative estimate of drug-likeness (QED) is 0.764. The van der Waals surface area contributed by atoms with E-state index >= 15 is 0 Å². The molecular formula is C12H24N2O. The Labute approximate surface area is 93.0 Å². The maximum atomic E-state index is 6.04. The minimum Gasteiger partial charge on any atom is -0.379 e. The molecule has 0 aromatic rings. The Bertz CT molecular complexity index is 210. The summed E-state index contributed by atoms with van der Waals surface area (Å²) in [4.78, 5) is 2.65. The Morgan fingerprint density at radius 3 is 2.73 bits per heavy atom. The summed E-state index contributed by atoms with van der Waals surface area (Å²) in [6.07, 6.45) is 3.98. The van der Waals surface area contributed by atoms with Gasteiger partial charge in [-0.1, -0.05) is 6.92 Å². The van der Waals surface area contributed by atoms with Crippen molar-refractivity contribution < 1.29 is 4.74 Å². The summed E-state index contributed by atoms with van der Waals surface area (Å²) in [6, 6.07) is 1.78. The molecule has 88 valence electrons. The highest BCUT2D eigenvalue weighted by Crippen LogP contribution is 2.28. The highest BCUT2D eigenvalue weighted by Gasteiger charge is 2.34. The SMILES string of the molecule is CCC1CCC(C)N1CC1COCC1N. The summed E-state index contributed by atoms with van der Waals surface area (Å²) in [7, 11) is 0. The lowest BCUT2D eigenvalue weighted by molar-refractivity contribution is 0.142. The topological polar surface area (TPSA) is 38.5 Å².